The van der Waals surface area contributed by atoms with Gasteiger partial charge in [0.05, 0.1) is 12.5 Å². The molecule has 16 heavy (non-hydrogen) atoms. The minimum Gasteiger partial charge on any atom is -0.399 e. The van der Waals surface area contributed by atoms with Gasteiger partial charge in [0.15, 0.2) is 11.5 Å². The molecule has 2 heterocycles. The average molecular weight is 211 g/mol. The van der Waals surface area contributed by atoms with Crippen LogP contribution in [0.5, 0.6) is 0 Å². The Morgan fingerprint density at radius 3 is 2.69 bits per heavy atom. The van der Waals surface area contributed by atoms with Crippen LogP contribution in [0.2, 0.25) is 0 Å². The fraction of sp³-hybridized carbons (Fsp3) is 0. The SMILES string of the molecule is Nc1ccc(-c2ncc3[nH]cnc3n2)cc1. The maximum atomic E-state index is 5.62. The Morgan fingerprint density at radius 2 is 1.88 bits per heavy atom. The summed E-state index contributed by atoms with van der Waals surface area (Å²) in [6, 6.07) is 7.44. The molecule has 3 aromatic rings. The third kappa shape index (κ3) is 1.38. The van der Waals surface area contributed by atoms with Crippen LogP contribution in [0.4, 0.5) is 5.69 Å². The molecule has 0 bridgehead atoms. The van der Waals surface area contributed by atoms with Crippen molar-refractivity contribution in [1.82, 2.24) is 19.9 Å². The third-order valence-corrected chi connectivity index (χ3v) is 2.34. The highest BCUT2D eigenvalue weighted by atomic mass is 15.0. The van der Waals surface area contributed by atoms with Crippen LogP contribution < -0.4 is 5.73 Å². The number of nitrogens with zero attached hydrogens (tertiary/aromatic N) is 3. The van der Waals surface area contributed by atoms with Gasteiger partial charge in [0.2, 0.25) is 0 Å². The molecule has 0 amide bonds. The third-order valence-electron chi connectivity index (χ3n) is 2.34. The number of nitrogens with one attached hydrogen (secondary N) is 1. The minimum absolute atomic E-state index is 0.652. The molecule has 0 aliphatic rings. The first kappa shape index (κ1) is 8.84. The molecular weight excluding hydrogens is 202 g/mol. The number of hydrogen-bond acceptors (Lipinski definition) is 4. The lowest BCUT2D eigenvalue weighted by Gasteiger charge is -1.99. The van der Waals surface area contributed by atoms with E-state index in [1.807, 2.05) is 24.3 Å². The first-order chi connectivity index (χ1) is 7.83. The zero-order valence-electron chi connectivity index (χ0n) is 8.38. The van der Waals surface area contributed by atoms with Crippen molar-refractivity contribution in [2.24, 2.45) is 0 Å². The second-order valence-corrected chi connectivity index (χ2v) is 3.46. The summed E-state index contributed by atoms with van der Waals surface area (Å²) in [5.74, 6) is 0.652. The smallest absolute Gasteiger partial charge is 0.181 e. The van der Waals surface area contributed by atoms with E-state index in [9.17, 15) is 0 Å². The molecule has 5 nitrogen and oxygen atoms in total. The number of hydrogen-bond donors (Lipinski definition) is 2. The maximum absolute atomic E-state index is 5.62. The van der Waals surface area contributed by atoms with Crippen LogP contribution >= 0.6 is 0 Å². The summed E-state index contributed by atoms with van der Waals surface area (Å²) in [6.07, 6.45) is 3.33. The van der Waals surface area contributed by atoms with Gasteiger partial charge in [-0.15, -0.1) is 0 Å². The zero-order valence-corrected chi connectivity index (χ0v) is 8.38. The lowest BCUT2D eigenvalue weighted by atomic mass is 10.2. The molecular formula is C11H9N5. The minimum atomic E-state index is 0.652. The maximum Gasteiger partial charge on any atom is 0.181 e. The first-order valence-electron chi connectivity index (χ1n) is 4.85. The van der Waals surface area contributed by atoms with Crippen molar-refractivity contribution in [3.8, 4) is 11.4 Å². The highest BCUT2D eigenvalue weighted by Gasteiger charge is 2.03. The van der Waals surface area contributed by atoms with Gasteiger partial charge in [-0.3, -0.25) is 0 Å². The number of aromatic nitrogens is 4. The second kappa shape index (κ2) is 3.30. The van der Waals surface area contributed by atoms with Gasteiger partial charge in [0.1, 0.15) is 5.52 Å². The lowest BCUT2D eigenvalue weighted by Crippen LogP contribution is -1.90. The van der Waals surface area contributed by atoms with Gasteiger partial charge in [0.25, 0.3) is 0 Å². The van der Waals surface area contributed by atoms with Crippen LogP contribution in [-0.4, -0.2) is 19.9 Å². The van der Waals surface area contributed by atoms with Crippen molar-refractivity contribution in [2.75, 3.05) is 5.73 Å². The first-order valence-corrected chi connectivity index (χ1v) is 4.85. The molecule has 0 fully saturated rings. The predicted molar refractivity (Wildman–Crippen MR) is 61.5 cm³/mol. The standard InChI is InChI=1S/C11H9N5/c12-8-3-1-7(2-4-8)10-13-5-9-11(16-10)15-6-14-9/h1-6H,12H2,(H,13,14,15,16). The molecule has 0 unspecified atom stereocenters. The number of aromatic amines is 1. The molecule has 0 atom stereocenters. The normalized spacial score (nSPS) is 10.8. The van der Waals surface area contributed by atoms with E-state index in [0.717, 1.165) is 16.8 Å². The van der Waals surface area contributed by atoms with E-state index in [2.05, 4.69) is 19.9 Å². The van der Waals surface area contributed by atoms with Crippen molar-refractivity contribution in [3.63, 3.8) is 0 Å². The van der Waals surface area contributed by atoms with Crippen molar-refractivity contribution in [3.05, 3.63) is 36.8 Å². The molecule has 5 heteroatoms. The van der Waals surface area contributed by atoms with Crippen LogP contribution in [0.15, 0.2) is 36.8 Å². The molecule has 3 N–H and O–H groups in total. The molecule has 0 spiro atoms. The van der Waals surface area contributed by atoms with Gasteiger partial charge < -0.3 is 10.7 Å². The summed E-state index contributed by atoms with van der Waals surface area (Å²) in [7, 11) is 0. The van der Waals surface area contributed by atoms with Crippen molar-refractivity contribution in [1.29, 1.82) is 0 Å². The molecule has 1 aromatic carbocycles. The van der Waals surface area contributed by atoms with E-state index < -0.39 is 0 Å². The molecule has 78 valence electrons. The van der Waals surface area contributed by atoms with Crippen LogP contribution in [0, 0.1) is 0 Å². The number of H-pyrrole nitrogens is 1. The molecule has 3 rings (SSSR count). The highest BCUT2D eigenvalue weighted by molar-refractivity contribution is 5.72. The van der Waals surface area contributed by atoms with Crippen LogP contribution in [0.1, 0.15) is 0 Å². The van der Waals surface area contributed by atoms with Gasteiger partial charge in [-0.2, -0.15) is 0 Å². The van der Waals surface area contributed by atoms with Gasteiger partial charge in [-0.1, -0.05) is 0 Å². The number of benzene rings is 1. The quantitative estimate of drug-likeness (QED) is 0.599. The van der Waals surface area contributed by atoms with Crippen LogP contribution in [-0.2, 0) is 0 Å². The van der Waals surface area contributed by atoms with Crippen molar-refractivity contribution < 1.29 is 0 Å². The fourth-order valence-electron chi connectivity index (χ4n) is 1.51. The summed E-state index contributed by atoms with van der Waals surface area (Å²) < 4.78 is 0. The number of rotatable bonds is 1. The Hall–Kier alpha value is -2.43. The van der Waals surface area contributed by atoms with E-state index in [-0.39, 0.29) is 0 Å². The summed E-state index contributed by atoms with van der Waals surface area (Å²) in [5, 5.41) is 0. The Balaban J connectivity index is 2.14. The summed E-state index contributed by atoms with van der Waals surface area (Å²) in [5.41, 5.74) is 8.78. The van der Waals surface area contributed by atoms with E-state index >= 15 is 0 Å². The lowest BCUT2D eigenvalue weighted by molar-refractivity contribution is 1.21. The van der Waals surface area contributed by atoms with Crippen LogP contribution in [0.25, 0.3) is 22.6 Å². The molecule has 0 aliphatic carbocycles. The molecule has 0 aliphatic heterocycles. The van der Waals surface area contributed by atoms with Gasteiger partial charge in [0, 0.05) is 11.3 Å². The number of nitrogen functional groups attached to an aromatic ring is 1. The Morgan fingerprint density at radius 1 is 1.06 bits per heavy atom. The molecule has 0 saturated heterocycles. The number of imidazole rings is 1. The highest BCUT2D eigenvalue weighted by Crippen LogP contribution is 2.17. The molecule has 0 radical (unpaired) electrons. The van der Waals surface area contributed by atoms with E-state index in [1.54, 1.807) is 12.5 Å². The number of nitrogens with two attached hydrogens (primary N) is 1. The molecule has 0 saturated carbocycles. The Labute approximate surface area is 91.4 Å². The number of fused-ring (bicyclic) bond motifs is 1. The van der Waals surface area contributed by atoms with E-state index in [4.69, 9.17) is 5.73 Å². The number of anilines is 1. The summed E-state index contributed by atoms with van der Waals surface area (Å²) in [6.45, 7) is 0. The van der Waals surface area contributed by atoms with Gasteiger partial charge in [-0.25, -0.2) is 15.0 Å². The average Bonchev–Trinajstić information content (AvgIpc) is 2.77. The summed E-state index contributed by atoms with van der Waals surface area (Å²) >= 11 is 0. The zero-order chi connectivity index (χ0) is 11.0. The fourth-order valence-corrected chi connectivity index (χ4v) is 1.51. The van der Waals surface area contributed by atoms with Crippen molar-refractivity contribution >= 4 is 16.9 Å². The Kier molecular flexibility index (Phi) is 1.83. The van der Waals surface area contributed by atoms with Crippen LogP contribution in [0.3, 0.4) is 0 Å². The topological polar surface area (TPSA) is 80.5 Å². The molecule has 2 aromatic heterocycles. The second-order valence-electron chi connectivity index (χ2n) is 3.46. The Bertz CT molecular complexity index is 626. The largest absolute Gasteiger partial charge is 0.399 e. The van der Waals surface area contributed by atoms with Crippen molar-refractivity contribution in [2.45, 2.75) is 0 Å². The summed E-state index contributed by atoms with van der Waals surface area (Å²) in [4.78, 5) is 15.6. The monoisotopic (exact) mass is 211 g/mol. The van der Waals surface area contributed by atoms with E-state index in [0.29, 0.717) is 11.5 Å². The van der Waals surface area contributed by atoms with E-state index in [1.165, 1.54) is 0 Å². The van der Waals surface area contributed by atoms with Gasteiger partial charge in [-0.05, 0) is 24.3 Å². The predicted octanol–water partition coefficient (Wildman–Crippen LogP) is 1.60. The van der Waals surface area contributed by atoms with Gasteiger partial charge >= 0.3 is 0 Å².